The minimum atomic E-state index is -0.664. The molecule has 0 bridgehead atoms. The van der Waals surface area contributed by atoms with Crippen molar-refractivity contribution in [3.05, 3.63) is 76.6 Å². The van der Waals surface area contributed by atoms with Gasteiger partial charge in [0.05, 0.1) is 11.3 Å². The molecule has 0 saturated carbocycles. The number of aromatic amines is 1. The van der Waals surface area contributed by atoms with Gasteiger partial charge in [-0.2, -0.15) is 0 Å². The average molecular weight is 352 g/mol. The Labute approximate surface area is 148 Å². The summed E-state index contributed by atoms with van der Waals surface area (Å²) in [5.74, 6) is -1.05. The van der Waals surface area contributed by atoms with Gasteiger partial charge in [0, 0.05) is 11.8 Å². The summed E-state index contributed by atoms with van der Waals surface area (Å²) in [6, 6.07) is 16.4. The number of hydrogen-bond donors (Lipinski definition) is 3. The summed E-state index contributed by atoms with van der Waals surface area (Å²) in [6.07, 6.45) is 0. The summed E-state index contributed by atoms with van der Waals surface area (Å²) in [4.78, 5) is 35.8. The number of para-hydroxylation sites is 1. The molecule has 0 aliphatic heterocycles. The van der Waals surface area contributed by atoms with Crippen molar-refractivity contribution in [3.8, 4) is 5.69 Å². The number of H-pyrrole nitrogens is 1. The largest absolute Gasteiger partial charge is 0.452 e. The van der Waals surface area contributed by atoms with Gasteiger partial charge in [0.25, 0.3) is 11.5 Å². The molecule has 0 saturated heterocycles. The predicted molar refractivity (Wildman–Crippen MR) is 96.2 cm³/mol. The lowest BCUT2D eigenvalue weighted by Crippen LogP contribution is -2.21. The van der Waals surface area contributed by atoms with E-state index >= 15 is 0 Å². The molecule has 0 atom stereocenters. The van der Waals surface area contributed by atoms with Gasteiger partial charge in [-0.3, -0.25) is 14.7 Å². The highest BCUT2D eigenvalue weighted by Gasteiger charge is 2.12. The molecule has 1 aromatic heterocycles. The third kappa shape index (κ3) is 3.99. The number of hydrogen-bond acceptors (Lipinski definition) is 5. The zero-order valence-electron chi connectivity index (χ0n) is 13.6. The lowest BCUT2D eigenvalue weighted by atomic mass is 10.2. The molecule has 1 amide bonds. The molecule has 0 aliphatic rings. The number of ether oxygens (including phenoxy) is 1. The van der Waals surface area contributed by atoms with Crippen LogP contribution < -0.4 is 16.6 Å². The SMILES string of the molecule is Nc1cccc(C(=O)OCC(=O)Nc2cc(=O)n(-c3ccccc3)[nH]2)c1. The van der Waals surface area contributed by atoms with Crippen LogP contribution in [0.2, 0.25) is 0 Å². The van der Waals surface area contributed by atoms with E-state index in [1.165, 1.54) is 22.9 Å². The molecule has 3 rings (SSSR count). The van der Waals surface area contributed by atoms with Crippen molar-refractivity contribution in [2.45, 2.75) is 0 Å². The molecular formula is C18H16N4O4. The van der Waals surface area contributed by atoms with Crippen molar-refractivity contribution in [1.82, 2.24) is 9.78 Å². The highest BCUT2D eigenvalue weighted by molar-refractivity contribution is 5.95. The zero-order chi connectivity index (χ0) is 18.5. The monoisotopic (exact) mass is 352 g/mol. The summed E-state index contributed by atoms with van der Waals surface area (Å²) >= 11 is 0. The van der Waals surface area contributed by atoms with Gasteiger partial charge in [-0.05, 0) is 30.3 Å². The van der Waals surface area contributed by atoms with Gasteiger partial charge in [-0.15, -0.1) is 0 Å². The number of nitrogen functional groups attached to an aromatic ring is 1. The van der Waals surface area contributed by atoms with Crippen LogP contribution in [-0.4, -0.2) is 28.3 Å². The maximum Gasteiger partial charge on any atom is 0.338 e. The molecule has 3 aromatic rings. The number of nitrogens with zero attached hydrogens (tertiary/aromatic N) is 1. The number of carbonyl (C=O) groups excluding carboxylic acids is 2. The van der Waals surface area contributed by atoms with E-state index in [1.807, 2.05) is 6.07 Å². The second kappa shape index (κ2) is 7.39. The Balaban J connectivity index is 1.60. The van der Waals surface area contributed by atoms with Crippen LogP contribution in [0.5, 0.6) is 0 Å². The standard InChI is InChI=1S/C18H16N4O4/c19-13-6-4-5-12(9-13)18(25)26-11-16(23)20-15-10-17(24)22(21-15)14-7-2-1-3-8-14/h1-10,21H,11,19H2,(H,20,23). The summed E-state index contributed by atoms with van der Waals surface area (Å²) in [7, 11) is 0. The first kappa shape index (κ1) is 17.0. The number of benzene rings is 2. The third-order valence-corrected chi connectivity index (χ3v) is 3.47. The van der Waals surface area contributed by atoms with Crippen LogP contribution in [0.25, 0.3) is 5.69 Å². The fourth-order valence-electron chi connectivity index (χ4n) is 2.30. The Bertz CT molecular complexity index is 992. The highest BCUT2D eigenvalue weighted by atomic mass is 16.5. The minimum Gasteiger partial charge on any atom is -0.452 e. The minimum absolute atomic E-state index is 0.198. The molecule has 1 heterocycles. The van der Waals surface area contributed by atoms with Gasteiger partial charge in [-0.1, -0.05) is 24.3 Å². The first-order chi connectivity index (χ1) is 12.5. The quantitative estimate of drug-likeness (QED) is 0.475. The number of esters is 1. The Kier molecular flexibility index (Phi) is 4.84. The van der Waals surface area contributed by atoms with E-state index in [-0.39, 0.29) is 16.9 Å². The van der Waals surface area contributed by atoms with E-state index in [4.69, 9.17) is 10.5 Å². The van der Waals surface area contributed by atoms with Gasteiger partial charge >= 0.3 is 5.97 Å². The number of aromatic nitrogens is 2. The summed E-state index contributed by atoms with van der Waals surface area (Å²) in [5.41, 5.74) is 6.57. The van der Waals surface area contributed by atoms with Crippen molar-refractivity contribution >= 4 is 23.4 Å². The Morgan fingerprint density at radius 3 is 2.58 bits per heavy atom. The molecule has 0 unspecified atom stereocenters. The van der Waals surface area contributed by atoms with Gasteiger partial charge in [0.1, 0.15) is 5.82 Å². The Morgan fingerprint density at radius 2 is 1.85 bits per heavy atom. The molecule has 8 nitrogen and oxygen atoms in total. The van der Waals surface area contributed by atoms with Crippen molar-refractivity contribution < 1.29 is 14.3 Å². The van der Waals surface area contributed by atoms with E-state index in [9.17, 15) is 14.4 Å². The second-order valence-corrected chi connectivity index (χ2v) is 5.43. The van der Waals surface area contributed by atoms with Crippen molar-refractivity contribution in [3.63, 3.8) is 0 Å². The molecular weight excluding hydrogens is 336 g/mol. The van der Waals surface area contributed by atoms with Crippen molar-refractivity contribution in [1.29, 1.82) is 0 Å². The van der Waals surface area contributed by atoms with Crippen LogP contribution in [-0.2, 0) is 9.53 Å². The van der Waals surface area contributed by atoms with E-state index < -0.39 is 18.5 Å². The number of nitrogens with one attached hydrogen (secondary N) is 2. The predicted octanol–water partition coefficient (Wildman–Crippen LogP) is 1.54. The lowest BCUT2D eigenvalue weighted by molar-refractivity contribution is -0.119. The van der Waals surface area contributed by atoms with Crippen LogP contribution in [0.15, 0.2) is 65.5 Å². The Hall–Kier alpha value is -3.81. The fraction of sp³-hybridized carbons (Fsp3) is 0.0556. The van der Waals surface area contributed by atoms with Crippen LogP contribution in [0.3, 0.4) is 0 Å². The lowest BCUT2D eigenvalue weighted by Gasteiger charge is -2.06. The molecule has 0 aliphatic carbocycles. The topological polar surface area (TPSA) is 119 Å². The second-order valence-electron chi connectivity index (χ2n) is 5.43. The number of rotatable bonds is 5. The van der Waals surface area contributed by atoms with Crippen LogP contribution in [0, 0.1) is 0 Å². The van der Waals surface area contributed by atoms with E-state index in [1.54, 1.807) is 36.4 Å². The van der Waals surface area contributed by atoms with E-state index in [2.05, 4.69) is 10.4 Å². The van der Waals surface area contributed by atoms with Crippen LogP contribution >= 0.6 is 0 Å². The van der Waals surface area contributed by atoms with E-state index in [0.717, 1.165) is 0 Å². The van der Waals surface area contributed by atoms with Crippen LogP contribution in [0.1, 0.15) is 10.4 Å². The molecule has 26 heavy (non-hydrogen) atoms. The van der Waals surface area contributed by atoms with Crippen molar-refractivity contribution in [2.24, 2.45) is 0 Å². The zero-order valence-corrected chi connectivity index (χ0v) is 13.6. The Morgan fingerprint density at radius 1 is 1.08 bits per heavy atom. The molecule has 4 N–H and O–H groups in total. The average Bonchev–Trinajstić information content (AvgIpc) is 3.00. The normalized spacial score (nSPS) is 10.3. The first-order valence-corrected chi connectivity index (χ1v) is 7.73. The van der Waals surface area contributed by atoms with Crippen LogP contribution in [0.4, 0.5) is 11.5 Å². The number of anilines is 2. The highest BCUT2D eigenvalue weighted by Crippen LogP contribution is 2.09. The molecule has 8 heteroatoms. The summed E-state index contributed by atoms with van der Waals surface area (Å²) in [6.45, 7) is -0.494. The van der Waals surface area contributed by atoms with E-state index in [0.29, 0.717) is 11.4 Å². The maximum absolute atomic E-state index is 12.0. The summed E-state index contributed by atoms with van der Waals surface area (Å²) in [5, 5.41) is 5.24. The number of amides is 1. The number of nitrogens with two attached hydrogens (primary N) is 1. The van der Waals surface area contributed by atoms with Gasteiger partial charge in [-0.25, -0.2) is 9.48 Å². The van der Waals surface area contributed by atoms with Gasteiger partial charge < -0.3 is 15.8 Å². The van der Waals surface area contributed by atoms with Gasteiger partial charge in [0.15, 0.2) is 6.61 Å². The fourth-order valence-corrected chi connectivity index (χ4v) is 2.30. The van der Waals surface area contributed by atoms with Crippen molar-refractivity contribution in [2.75, 3.05) is 17.7 Å². The third-order valence-electron chi connectivity index (χ3n) is 3.47. The maximum atomic E-state index is 12.0. The molecule has 2 aromatic carbocycles. The molecule has 0 spiro atoms. The first-order valence-electron chi connectivity index (χ1n) is 7.73. The van der Waals surface area contributed by atoms with Gasteiger partial charge in [0.2, 0.25) is 0 Å². The molecule has 132 valence electrons. The number of carbonyl (C=O) groups is 2. The summed E-state index contributed by atoms with van der Waals surface area (Å²) < 4.78 is 6.22. The molecule has 0 fully saturated rings. The smallest absolute Gasteiger partial charge is 0.338 e. The molecule has 0 radical (unpaired) electrons.